The normalized spacial score (nSPS) is 14.5. The van der Waals surface area contributed by atoms with E-state index in [9.17, 15) is 21.6 Å². The highest BCUT2D eigenvalue weighted by molar-refractivity contribution is 7.92. The number of sulfonamides is 2. The van der Waals surface area contributed by atoms with E-state index in [-0.39, 0.29) is 40.3 Å². The van der Waals surface area contributed by atoms with Gasteiger partial charge in [0.1, 0.15) is 30.4 Å². The van der Waals surface area contributed by atoms with Crippen molar-refractivity contribution >= 4 is 43.2 Å². The Hall–Kier alpha value is -2.74. The van der Waals surface area contributed by atoms with Gasteiger partial charge >= 0.3 is 0 Å². The van der Waals surface area contributed by atoms with Crippen molar-refractivity contribution in [2.45, 2.75) is 24.2 Å². The summed E-state index contributed by atoms with van der Waals surface area (Å²) < 4.78 is 68.9. The van der Waals surface area contributed by atoms with E-state index in [1.165, 1.54) is 42.8 Å². The fourth-order valence-corrected chi connectivity index (χ4v) is 6.53. The Kier molecular flexibility index (Phi) is 10.1. The van der Waals surface area contributed by atoms with Crippen LogP contribution in [-0.2, 0) is 24.8 Å². The van der Waals surface area contributed by atoms with E-state index in [1.807, 2.05) is 0 Å². The van der Waals surface area contributed by atoms with Crippen molar-refractivity contribution in [1.29, 1.82) is 0 Å². The summed E-state index contributed by atoms with van der Waals surface area (Å²) in [4.78, 5) is 12.8. The van der Waals surface area contributed by atoms with E-state index in [4.69, 9.17) is 25.8 Å². The fraction of sp³-hybridized carbons (Fsp3) is 0.458. The predicted molar refractivity (Wildman–Crippen MR) is 144 cm³/mol. The minimum atomic E-state index is -3.87. The molecule has 1 heterocycles. The van der Waals surface area contributed by atoms with Crippen LogP contribution in [0.4, 0.5) is 5.69 Å². The van der Waals surface area contributed by atoms with Crippen LogP contribution in [0.5, 0.6) is 17.2 Å². The van der Waals surface area contributed by atoms with Crippen molar-refractivity contribution in [3.05, 3.63) is 41.4 Å². The summed E-state index contributed by atoms with van der Waals surface area (Å²) in [6.07, 6.45) is 3.72. The lowest BCUT2D eigenvalue weighted by Crippen LogP contribution is -2.41. The van der Waals surface area contributed by atoms with Crippen LogP contribution in [0.1, 0.15) is 19.3 Å². The molecule has 2 aromatic carbocycles. The quantitative estimate of drug-likeness (QED) is 0.374. The highest BCUT2D eigenvalue weighted by Crippen LogP contribution is 2.38. The zero-order valence-electron chi connectivity index (χ0n) is 21.5. The zero-order chi connectivity index (χ0) is 27.9. The van der Waals surface area contributed by atoms with Gasteiger partial charge in [0.05, 0.1) is 42.6 Å². The van der Waals surface area contributed by atoms with Crippen LogP contribution >= 0.6 is 11.6 Å². The Labute approximate surface area is 228 Å². The first-order chi connectivity index (χ1) is 18.0. The van der Waals surface area contributed by atoms with Crippen LogP contribution in [-0.4, -0.2) is 80.3 Å². The standard InChI is InChI=1S/C24H32ClN3O8S2/c1-34-22-16-21(23(35-2)15-20(22)25)28(37(3,30)31)17-24(29)26-11-14-36-18-7-9-19(10-8-18)38(32,33)27-12-5-4-6-13-27/h7-10,15-16H,4-6,11-14,17H2,1-3H3,(H,26,29). The van der Waals surface area contributed by atoms with Crippen LogP contribution in [0.25, 0.3) is 0 Å². The van der Waals surface area contributed by atoms with Crippen molar-refractivity contribution in [2.24, 2.45) is 0 Å². The number of amides is 1. The van der Waals surface area contributed by atoms with Gasteiger partial charge in [0.25, 0.3) is 0 Å². The van der Waals surface area contributed by atoms with Crippen LogP contribution < -0.4 is 23.8 Å². The monoisotopic (exact) mass is 589 g/mol. The summed E-state index contributed by atoms with van der Waals surface area (Å²) in [6.45, 7) is 0.708. The lowest BCUT2D eigenvalue weighted by atomic mass is 10.2. The molecule has 0 atom stereocenters. The Morgan fingerprint density at radius 2 is 1.63 bits per heavy atom. The maximum absolute atomic E-state index is 12.8. The zero-order valence-corrected chi connectivity index (χ0v) is 23.9. The lowest BCUT2D eigenvalue weighted by Gasteiger charge is -2.25. The Bertz CT molecular complexity index is 1330. The van der Waals surface area contributed by atoms with Crippen molar-refractivity contribution < 1.29 is 35.8 Å². The SMILES string of the molecule is COc1cc(N(CC(=O)NCCOc2ccc(S(=O)(=O)N3CCCCC3)cc2)S(C)(=O)=O)c(OC)cc1Cl. The van der Waals surface area contributed by atoms with Gasteiger partial charge in [0.2, 0.25) is 26.0 Å². The molecule has 0 bridgehead atoms. The molecule has 0 radical (unpaired) electrons. The molecule has 1 fully saturated rings. The average molecular weight is 590 g/mol. The second-order valence-electron chi connectivity index (χ2n) is 8.56. The van der Waals surface area contributed by atoms with Crippen molar-refractivity contribution in [3.63, 3.8) is 0 Å². The third-order valence-corrected chi connectivity index (χ3v) is 9.21. The molecular weight excluding hydrogens is 558 g/mol. The summed E-state index contributed by atoms with van der Waals surface area (Å²) in [7, 11) is -4.66. The molecule has 14 heteroatoms. The first-order valence-electron chi connectivity index (χ1n) is 11.9. The minimum Gasteiger partial charge on any atom is -0.495 e. The topological polar surface area (TPSA) is 132 Å². The van der Waals surface area contributed by atoms with Gasteiger partial charge in [-0.05, 0) is 37.1 Å². The molecule has 0 aromatic heterocycles. The molecule has 210 valence electrons. The predicted octanol–water partition coefficient (Wildman–Crippen LogP) is 2.49. The first kappa shape index (κ1) is 29.8. The van der Waals surface area contributed by atoms with Crippen LogP contribution in [0.3, 0.4) is 0 Å². The van der Waals surface area contributed by atoms with Gasteiger partial charge in [0, 0.05) is 25.2 Å². The molecule has 1 aliphatic rings. The molecule has 3 rings (SSSR count). The highest BCUT2D eigenvalue weighted by Gasteiger charge is 2.27. The number of benzene rings is 2. The number of ether oxygens (including phenoxy) is 3. The van der Waals surface area contributed by atoms with E-state index < -0.39 is 32.5 Å². The number of carbonyl (C=O) groups is 1. The summed E-state index contributed by atoms with van der Waals surface area (Å²) >= 11 is 6.11. The smallest absolute Gasteiger partial charge is 0.243 e. The molecule has 0 aliphatic carbocycles. The largest absolute Gasteiger partial charge is 0.495 e. The molecule has 38 heavy (non-hydrogen) atoms. The Morgan fingerprint density at radius 1 is 1.00 bits per heavy atom. The third kappa shape index (κ3) is 7.43. The van der Waals surface area contributed by atoms with Gasteiger partial charge in [0.15, 0.2) is 0 Å². The van der Waals surface area contributed by atoms with Crippen molar-refractivity contribution in [3.8, 4) is 17.2 Å². The molecule has 1 saturated heterocycles. The fourth-order valence-electron chi connectivity index (χ4n) is 3.93. The van der Waals surface area contributed by atoms with E-state index >= 15 is 0 Å². The second kappa shape index (κ2) is 12.9. The Balaban J connectivity index is 1.57. The summed E-state index contributed by atoms with van der Waals surface area (Å²) in [6, 6.07) is 8.90. The number of anilines is 1. The molecule has 0 spiro atoms. The first-order valence-corrected chi connectivity index (χ1v) is 15.5. The summed E-state index contributed by atoms with van der Waals surface area (Å²) in [5, 5.41) is 2.83. The van der Waals surface area contributed by atoms with Gasteiger partial charge in [-0.25, -0.2) is 16.8 Å². The number of rotatable bonds is 12. The van der Waals surface area contributed by atoms with Gasteiger partial charge < -0.3 is 19.5 Å². The lowest BCUT2D eigenvalue weighted by molar-refractivity contribution is -0.119. The Morgan fingerprint density at radius 3 is 2.21 bits per heavy atom. The molecule has 0 saturated carbocycles. The highest BCUT2D eigenvalue weighted by atomic mass is 35.5. The van der Waals surface area contributed by atoms with Crippen molar-refractivity contribution in [2.75, 3.05) is 57.6 Å². The van der Waals surface area contributed by atoms with E-state index in [1.54, 1.807) is 12.1 Å². The summed E-state index contributed by atoms with van der Waals surface area (Å²) in [5.41, 5.74) is 0.0993. The maximum atomic E-state index is 12.8. The number of hydrogen-bond acceptors (Lipinski definition) is 8. The number of piperidine rings is 1. The van der Waals surface area contributed by atoms with Crippen molar-refractivity contribution in [1.82, 2.24) is 9.62 Å². The summed E-state index contributed by atoms with van der Waals surface area (Å²) in [5.74, 6) is 0.244. The molecule has 0 unspecified atom stereocenters. The number of carbonyl (C=O) groups excluding carboxylic acids is 1. The number of halogens is 1. The number of nitrogens with zero attached hydrogens (tertiary/aromatic N) is 2. The van der Waals surface area contributed by atoms with Crippen LogP contribution in [0.2, 0.25) is 5.02 Å². The van der Waals surface area contributed by atoms with Gasteiger partial charge in [-0.3, -0.25) is 9.10 Å². The number of methoxy groups -OCH3 is 2. The van der Waals surface area contributed by atoms with E-state index in [0.717, 1.165) is 29.8 Å². The maximum Gasteiger partial charge on any atom is 0.243 e. The van der Waals surface area contributed by atoms with Gasteiger partial charge in [-0.2, -0.15) is 4.31 Å². The molecule has 1 aliphatic heterocycles. The molecule has 2 aromatic rings. The average Bonchev–Trinajstić information content (AvgIpc) is 2.90. The van der Waals surface area contributed by atoms with Gasteiger partial charge in [-0.15, -0.1) is 0 Å². The van der Waals surface area contributed by atoms with Crippen LogP contribution in [0.15, 0.2) is 41.3 Å². The van der Waals surface area contributed by atoms with Gasteiger partial charge in [-0.1, -0.05) is 18.0 Å². The third-order valence-electron chi connectivity index (χ3n) is 5.88. The number of hydrogen-bond donors (Lipinski definition) is 1. The second-order valence-corrected chi connectivity index (χ2v) is 12.8. The van der Waals surface area contributed by atoms with E-state index in [2.05, 4.69) is 5.32 Å². The molecule has 1 N–H and O–H groups in total. The molecular formula is C24H32ClN3O8S2. The number of nitrogens with one attached hydrogen (secondary N) is 1. The molecule has 1 amide bonds. The van der Waals surface area contributed by atoms with E-state index in [0.29, 0.717) is 18.8 Å². The molecule has 11 nitrogen and oxygen atoms in total. The minimum absolute atomic E-state index is 0.0843. The van der Waals surface area contributed by atoms with Crippen LogP contribution in [0, 0.1) is 0 Å².